The summed E-state index contributed by atoms with van der Waals surface area (Å²) >= 11 is 1.53. The third-order valence-electron chi connectivity index (χ3n) is 4.73. The van der Waals surface area contributed by atoms with Gasteiger partial charge in [0.1, 0.15) is 0 Å². The minimum Gasteiger partial charge on any atom is -0.456 e. The normalized spacial score (nSPS) is 11.6. The van der Waals surface area contributed by atoms with Crippen molar-refractivity contribution in [2.75, 3.05) is 25.0 Å². The van der Waals surface area contributed by atoms with E-state index in [2.05, 4.69) is 10.3 Å². The number of amides is 1. The number of aryl methyl sites for hydroxylation is 1. The number of nitrogens with zero attached hydrogens (tertiary/aromatic N) is 2. The number of sulfonamides is 1. The van der Waals surface area contributed by atoms with Crippen molar-refractivity contribution in [1.29, 1.82) is 0 Å². The van der Waals surface area contributed by atoms with Crippen molar-refractivity contribution < 1.29 is 22.7 Å². The summed E-state index contributed by atoms with van der Waals surface area (Å²) in [4.78, 5) is 28.7. The van der Waals surface area contributed by atoms with Crippen LogP contribution in [0, 0.1) is 0 Å². The first kappa shape index (κ1) is 23.8. The van der Waals surface area contributed by atoms with Crippen LogP contribution in [0.4, 0.5) is 5.69 Å². The fourth-order valence-corrected chi connectivity index (χ4v) is 5.50. The number of ether oxygens (including phenoxy) is 1. The molecule has 3 rings (SSSR count). The number of carbonyl (C=O) groups is 2. The maximum atomic E-state index is 12.5. The Morgan fingerprint density at radius 3 is 2.41 bits per heavy atom. The third kappa shape index (κ3) is 5.90. The van der Waals surface area contributed by atoms with Gasteiger partial charge in [-0.15, -0.1) is 11.3 Å². The Hall–Kier alpha value is -2.82. The lowest BCUT2D eigenvalue weighted by atomic mass is 10.3. The van der Waals surface area contributed by atoms with Gasteiger partial charge >= 0.3 is 5.97 Å². The number of rotatable bonds is 10. The zero-order valence-electron chi connectivity index (χ0n) is 17.9. The van der Waals surface area contributed by atoms with Crippen LogP contribution in [0.1, 0.15) is 25.3 Å². The average Bonchev–Trinajstić information content (AvgIpc) is 3.20. The molecule has 170 valence electrons. The van der Waals surface area contributed by atoms with E-state index in [9.17, 15) is 18.0 Å². The number of para-hydroxylation sites is 1. The van der Waals surface area contributed by atoms with Gasteiger partial charge in [0, 0.05) is 25.2 Å². The Balaban J connectivity index is 1.46. The molecule has 0 saturated heterocycles. The number of hydrogen-bond donors (Lipinski definition) is 1. The van der Waals surface area contributed by atoms with E-state index in [1.54, 1.807) is 13.8 Å². The van der Waals surface area contributed by atoms with E-state index in [0.717, 1.165) is 15.2 Å². The first-order valence-electron chi connectivity index (χ1n) is 10.2. The zero-order valence-corrected chi connectivity index (χ0v) is 19.5. The van der Waals surface area contributed by atoms with E-state index < -0.39 is 28.5 Å². The van der Waals surface area contributed by atoms with Gasteiger partial charge in [-0.1, -0.05) is 26.0 Å². The molecule has 3 aromatic rings. The number of thiazole rings is 1. The maximum Gasteiger partial charge on any atom is 0.306 e. The molecule has 1 heterocycles. The molecular formula is C22H25N3O5S2. The highest BCUT2D eigenvalue weighted by atomic mass is 32.2. The van der Waals surface area contributed by atoms with Crippen LogP contribution in [0.2, 0.25) is 0 Å². The van der Waals surface area contributed by atoms with Gasteiger partial charge in [0.15, 0.2) is 6.61 Å². The highest BCUT2D eigenvalue weighted by Crippen LogP contribution is 2.22. The molecule has 0 unspecified atom stereocenters. The number of anilines is 1. The Bertz CT molecular complexity index is 1150. The van der Waals surface area contributed by atoms with Gasteiger partial charge in [0.2, 0.25) is 10.0 Å². The standard InChI is InChI=1S/C22H25N3O5S2/c1-3-25(4-2)32(28,29)17-11-9-16(10-12-17)23-20(26)15-30-22(27)14-13-21-24-18-7-5-6-8-19(18)31-21/h5-12H,3-4,13-15H2,1-2H3,(H,23,26). The zero-order chi connectivity index (χ0) is 23.1. The summed E-state index contributed by atoms with van der Waals surface area (Å²) in [6.45, 7) is 3.88. The molecule has 0 fully saturated rings. The van der Waals surface area contributed by atoms with Crippen molar-refractivity contribution in [3.8, 4) is 0 Å². The van der Waals surface area contributed by atoms with Gasteiger partial charge < -0.3 is 10.1 Å². The van der Waals surface area contributed by atoms with E-state index in [0.29, 0.717) is 25.2 Å². The molecule has 2 aromatic carbocycles. The molecule has 0 aliphatic carbocycles. The second kappa shape index (κ2) is 10.7. The molecule has 0 atom stereocenters. The summed E-state index contributed by atoms with van der Waals surface area (Å²) < 4.78 is 32.4. The fraction of sp³-hybridized carbons (Fsp3) is 0.318. The van der Waals surface area contributed by atoms with Gasteiger partial charge in [-0.25, -0.2) is 13.4 Å². The van der Waals surface area contributed by atoms with Crippen LogP contribution >= 0.6 is 11.3 Å². The molecule has 1 N–H and O–H groups in total. The second-order valence-corrected chi connectivity index (χ2v) is 9.95. The second-order valence-electron chi connectivity index (χ2n) is 6.90. The Labute approximate surface area is 191 Å². The lowest BCUT2D eigenvalue weighted by molar-refractivity contribution is -0.147. The molecule has 0 aliphatic rings. The Morgan fingerprint density at radius 1 is 1.06 bits per heavy atom. The van der Waals surface area contributed by atoms with Crippen molar-refractivity contribution in [3.63, 3.8) is 0 Å². The van der Waals surface area contributed by atoms with Crippen LogP contribution in [0.15, 0.2) is 53.4 Å². The molecule has 8 nitrogen and oxygen atoms in total. The first-order chi connectivity index (χ1) is 15.3. The van der Waals surface area contributed by atoms with Crippen LogP contribution in [0.3, 0.4) is 0 Å². The molecule has 32 heavy (non-hydrogen) atoms. The number of benzene rings is 2. The number of fused-ring (bicyclic) bond motifs is 1. The quantitative estimate of drug-likeness (QED) is 0.450. The topological polar surface area (TPSA) is 106 Å². The van der Waals surface area contributed by atoms with E-state index >= 15 is 0 Å². The van der Waals surface area contributed by atoms with Crippen molar-refractivity contribution in [1.82, 2.24) is 9.29 Å². The molecule has 0 spiro atoms. The molecule has 0 radical (unpaired) electrons. The average molecular weight is 476 g/mol. The summed E-state index contributed by atoms with van der Waals surface area (Å²) in [6.07, 6.45) is 0.577. The van der Waals surface area contributed by atoms with Crippen molar-refractivity contribution >= 4 is 49.1 Å². The van der Waals surface area contributed by atoms with Crippen LogP contribution in [-0.4, -0.2) is 49.3 Å². The van der Waals surface area contributed by atoms with Crippen molar-refractivity contribution in [2.45, 2.75) is 31.6 Å². The largest absolute Gasteiger partial charge is 0.456 e. The highest BCUT2D eigenvalue weighted by Gasteiger charge is 2.21. The summed E-state index contributed by atoms with van der Waals surface area (Å²) in [5.74, 6) is -0.988. The first-order valence-corrected chi connectivity index (χ1v) is 12.5. The fourth-order valence-electron chi connectivity index (χ4n) is 3.07. The number of hydrogen-bond acceptors (Lipinski definition) is 7. The lowest BCUT2D eigenvalue weighted by Gasteiger charge is -2.18. The van der Waals surface area contributed by atoms with Gasteiger partial charge in [0.05, 0.1) is 26.5 Å². The molecule has 0 saturated carbocycles. The summed E-state index contributed by atoms with van der Waals surface area (Å²) in [5, 5.41) is 3.43. The molecule has 1 aromatic heterocycles. The van der Waals surface area contributed by atoms with E-state index in [1.165, 1.54) is 39.9 Å². The van der Waals surface area contributed by atoms with Crippen molar-refractivity contribution in [3.05, 3.63) is 53.5 Å². The minimum atomic E-state index is -3.56. The predicted molar refractivity (Wildman–Crippen MR) is 124 cm³/mol. The number of carbonyl (C=O) groups excluding carboxylic acids is 2. The molecule has 1 amide bonds. The monoisotopic (exact) mass is 475 g/mol. The molecule has 0 bridgehead atoms. The highest BCUT2D eigenvalue weighted by molar-refractivity contribution is 7.89. The van der Waals surface area contributed by atoms with Crippen LogP contribution in [-0.2, 0) is 30.8 Å². The molecule has 0 aliphatic heterocycles. The maximum absolute atomic E-state index is 12.5. The van der Waals surface area contributed by atoms with Gasteiger partial charge in [-0.2, -0.15) is 4.31 Å². The van der Waals surface area contributed by atoms with E-state index in [-0.39, 0.29) is 11.3 Å². The van der Waals surface area contributed by atoms with Gasteiger partial charge in [0.25, 0.3) is 5.91 Å². The number of aromatic nitrogens is 1. The van der Waals surface area contributed by atoms with Crippen LogP contribution < -0.4 is 5.32 Å². The lowest BCUT2D eigenvalue weighted by Crippen LogP contribution is -2.30. The SMILES string of the molecule is CCN(CC)S(=O)(=O)c1ccc(NC(=O)COC(=O)CCc2nc3ccccc3s2)cc1. The van der Waals surface area contributed by atoms with Crippen molar-refractivity contribution in [2.24, 2.45) is 0 Å². The van der Waals surface area contributed by atoms with E-state index in [4.69, 9.17) is 4.74 Å². The van der Waals surface area contributed by atoms with Gasteiger partial charge in [-0.05, 0) is 36.4 Å². The number of esters is 1. The van der Waals surface area contributed by atoms with E-state index in [1.807, 2.05) is 24.3 Å². The summed E-state index contributed by atoms with van der Waals surface area (Å²) in [6, 6.07) is 13.6. The van der Waals surface area contributed by atoms with Crippen LogP contribution in [0.5, 0.6) is 0 Å². The summed E-state index contributed by atoms with van der Waals surface area (Å²) in [5.41, 5.74) is 1.31. The number of nitrogens with one attached hydrogen (secondary N) is 1. The Kier molecular flexibility index (Phi) is 7.94. The minimum absolute atomic E-state index is 0.130. The van der Waals surface area contributed by atoms with Crippen LogP contribution in [0.25, 0.3) is 10.2 Å². The third-order valence-corrected chi connectivity index (χ3v) is 7.89. The smallest absolute Gasteiger partial charge is 0.306 e. The molecular weight excluding hydrogens is 450 g/mol. The molecule has 10 heteroatoms. The van der Waals surface area contributed by atoms with Gasteiger partial charge in [-0.3, -0.25) is 9.59 Å². The Morgan fingerprint density at radius 2 is 1.75 bits per heavy atom. The predicted octanol–water partition coefficient (Wildman–Crippen LogP) is 3.44. The summed E-state index contributed by atoms with van der Waals surface area (Å²) in [7, 11) is -3.56.